The predicted octanol–water partition coefficient (Wildman–Crippen LogP) is 4.55. The van der Waals surface area contributed by atoms with E-state index in [-0.39, 0.29) is 17.6 Å². The first-order valence-corrected chi connectivity index (χ1v) is 8.90. The van der Waals surface area contributed by atoms with Crippen LogP contribution in [0.5, 0.6) is 11.6 Å². The first-order chi connectivity index (χ1) is 14.1. The fraction of sp³-hybridized carbons (Fsp3) is 0.143. The molecule has 0 aliphatic carbocycles. The van der Waals surface area contributed by atoms with Crippen molar-refractivity contribution in [1.29, 1.82) is 0 Å². The normalized spacial score (nSPS) is 13.5. The molecule has 1 aliphatic heterocycles. The maximum atomic E-state index is 13.8. The Kier molecular flexibility index (Phi) is 5.15. The number of ether oxygens (including phenoxy) is 2. The van der Waals surface area contributed by atoms with Crippen molar-refractivity contribution in [2.75, 3.05) is 13.1 Å². The average molecular weight is 393 g/mol. The number of halogens is 1. The molecule has 1 amide bonds. The van der Waals surface area contributed by atoms with Crippen molar-refractivity contribution < 1.29 is 18.7 Å². The molecule has 0 unspecified atom stereocenters. The van der Waals surface area contributed by atoms with E-state index in [1.54, 1.807) is 36.5 Å². The maximum Gasteiger partial charge on any atom is 0.415 e. The number of carbonyl (C=O) groups excluding carboxylic acids is 1. The van der Waals surface area contributed by atoms with Gasteiger partial charge < -0.3 is 14.4 Å². The highest BCUT2D eigenvalue weighted by Crippen LogP contribution is 2.25. The largest absolute Gasteiger partial charge is 0.471 e. The van der Waals surface area contributed by atoms with Gasteiger partial charge >= 0.3 is 6.09 Å². The molecule has 1 fully saturated rings. The molecule has 0 N–H and O–H groups in total. The van der Waals surface area contributed by atoms with Crippen LogP contribution in [0.2, 0.25) is 0 Å². The van der Waals surface area contributed by atoms with E-state index in [1.807, 2.05) is 0 Å². The molecule has 1 aromatic heterocycles. The van der Waals surface area contributed by atoms with Crippen LogP contribution in [0.15, 0.2) is 72.0 Å². The van der Waals surface area contributed by atoms with Crippen LogP contribution in [0.25, 0.3) is 11.1 Å². The highest BCUT2D eigenvalue weighted by molar-refractivity contribution is 5.72. The van der Waals surface area contributed by atoms with Crippen LogP contribution in [0, 0.1) is 10.7 Å². The number of rotatable bonds is 5. The van der Waals surface area contributed by atoms with Crippen molar-refractivity contribution in [3.05, 3.63) is 77.6 Å². The molecule has 29 heavy (non-hydrogen) atoms. The minimum absolute atomic E-state index is 0.198. The molecule has 3 aromatic rings. The van der Waals surface area contributed by atoms with Crippen LogP contribution in [-0.4, -0.2) is 35.2 Å². The SMILES string of the molecule is O=Nc1ccc(OC(=O)N2CC(Oc3ccc(-c4ccccc4F)cn3)C2)cc1. The molecule has 8 heteroatoms. The molecule has 1 aliphatic rings. The third-order valence-corrected chi connectivity index (χ3v) is 4.46. The lowest BCUT2D eigenvalue weighted by Gasteiger charge is -2.37. The van der Waals surface area contributed by atoms with Crippen molar-refractivity contribution in [3.63, 3.8) is 0 Å². The minimum Gasteiger partial charge on any atom is -0.471 e. The van der Waals surface area contributed by atoms with Gasteiger partial charge in [-0.05, 0) is 41.6 Å². The smallest absolute Gasteiger partial charge is 0.415 e. The fourth-order valence-electron chi connectivity index (χ4n) is 2.88. The number of carbonyl (C=O) groups is 1. The van der Waals surface area contributed by atoms with E-state index < -0.39 is 6.09 Å². The Morgan fingerprint density at radius 2 is 1.83 bits per heavy atom. The summed E-state index contributed by atoms with van der Waals surface area (Å²) in [5, 5.41) is 2.79. The van der Waals surface area contributed by atoms with Crippen LogP contribution in [0.3, 0.4) is 0 Å². The molecule has 0 spiro atoms. The number of nitrogens with zero attached hydrogens (tertiary/aromatic N) is 3. The van der Waals surface area contributed by atoms with Gasteiger partial charge in [-0.3, -0.25) is 0 Å². The predicted molar refractivity (Wildman–Crippen MR) is 104 cm³/mol. The summed E-state index contributed by atoms with van der Waals surface area (Å²) in [4.78, 5) is 28.2. The second kappa shape index (κ2) is 8.05. The first-order valence-electron chi connectivity index (χ1n) is 8.90. The Morgan fingerprint density at radius 1 is 1.07 bits per heavy atom. The van der Waals surface area contributed by atoms with E-state index >= 15 is 0 Å². The van der Waals surface area contributed by atoms with E-state index in [9.17, 15) is 14.1 Å². The van der Waals surface area contributed by atoms with Crippen LogP contribution in [0.4, 0.5) is 14.9 Å². The number of amides is 1. The summed E-state index contributed by atoms with van der Waals surface area (Å²) in [6, 6.07) is 15.8. The van der Waals surface area contributed by atoms with Gasteiger partial charge in [-0.15, -0.1) is 4.91 Å². The highest BCUT2D eigenvalue weighted by Gasteiger charge is 2.34. The third-order valence-electron chi connectivity index (χ3n) is 4.46. The van der Waals surface area contributed by atoms with Crippen LogP contribution in [-0.2, 0) is 0 Å². The number of pyridine rings is 1. The molecule has 0 radical (unpaired) electrons. The molecule has 0 saturated carbocycles. The molecule has 7 nitrogen and oxygen atoms in total. The zero-order valence-corrected chi connectivity index (χ0v) is 15.2. The van der Waals surface area contributed by atoms with Crippen molar-refractivity contribution in [2.24, 2.45) is 5.18 Å². The van der Waals surface area contributed by atoms with Crippen molar-refractivity contribution in [2.45, 2.75) is 6.10 Å². The van der Waals surface area contributed by atoms with Gasteiger partial charge in [0.15, 0.2) is 0 Å². The van der Waals surface area contributed by atoms with Crippen molar-refractivity contribution >= 4 is 11.8 Å². The summed E-state index contributed by atoms with van der Waals surface area (Å²) in [5.74, 6) is 0.422. The third kappa shape index (κ3) is 4.21. The Hall–Kier alpha value is -3.81. The number of benzene rings is 2. The number of nitroso groups, excluding NO2 is 1. The Morgan fingerprint density at radius 3 is 2.48 bits per heavy atom. The molecule has 2 aromatic carbocycles. The maximum absolute atomic E-state index is 13.8. The van der Waals surface area contributed by atoms with Gasteiger partial charge in [0.25, 0.3) is 0 Å². The topological polar surface area (TPSA) is 81.1 Å². The average Bonchev–Trinajstić information content (AvgIpc) is 2.72. The van der Waals surface area contributed by atoms with Gasteiger partial charge in [0.05, 0.1) is 13.1 Å². The number of hydrogen-bond donors (Lipinski definition) is 0. The van der Waals surface area contributed by atoms with Crippen molar-refractivity contribution in [3.8, 4) is 22.8 Å². The summed E-state index contributed by atoms with van der Waals surface area (Å²) in [6.07, 6.45) is 0.853. The summed E-state index contributed by atoms with van der Waals surface area (Å²) in [7, 11) is 0. The van der Waals surface area contributed by atoms with Gasteiger partial charge in [0, 0.05) is 23.4 Å². The lowest BCUT2D eigenvalue weighted by atomic mass is 10.1. The zero-order chi connectivity index (χ0) is 20.2. The van der Waals surface area contributed by atoms with Gasteiger partial charge in [0.2, 0.25) is 5.88 Å². The highest BCUT2D eigenvalue weighted by atomic mass is 19.1. The van der Waals surface area contributed by atoms with Gasteiger partial charge in [-0.2, -0.15) is 0 Å². The number of hydrogen-bond acceptors (Lipinski definition) is 6. The number of likely N-dealkylation sites (tertiary alicyclic amines) is 1. The van der Waals surface area contributed by atoms with Gasteiger partial charge in [-0.25, -0.2) is 14.2 Å². The molecule has 2 heterocycles. The van der Waals surface area contributed by atoms with Crippen LogP contribution >= 0.6 is 0 Å². The lowest BCUT2D eigenvalue weighted by Crippen LogP contribution is -2.57. The minimum atomic E-state index is -0.500. The van der Waals surface area contributed by atoms with Crippen LogP contribution < -0.4 is 9.47 Å². The Labute approximate surface area is 165 Å². The summed E-state index contributed by atoms with van der Waals surface area (Å²) < 4.78 is 24.8. The second-order valence-corrected chi connectivity index (χ2v) is 6.46. The Balaban J connectivity index is 1.28. The van der Waals surface area contributed by atoms with Crippen molar-refractivity contribution in [1.82, 2.24) is 9.88 Å². The molecule has 4 rings (SSSR count). The Bertz CT molecular complexity index is 1020. The van der Waals surface area contributed by atoms with Gasteiger partial charge in [0.1, 0.15) is 23.4 Å². The molecule has 146 valence electrons. The first kappa shape index (κ1) is 18.5. The van der Waals surface area contributed by atoms with E-state index in [0.29, 0.717) is 35.8 Å². The molecular formula is C21H16FN3O4. The molecule has 0 atom stereocenters. The van der Waals surface area contributed by atoms with Crippen LogP contribution in [0.1, 0.15) is 0 Å². The number of aromatic nitrogens is 1. The summed E-state index contributed by atoms with van der Waals surface area (Å²) >= 11 is 0. The fourth-order valence-corrected chi connectivity index (χ4v) is 2.88. The van der Waals surface area contributed by atoms with E-state index in [0.717, 1.165) is 0 Å². The van der Waals surface area contributed by atoms with E-state index in [1.165, 1.54) is 35.2 Å². The molecular weight excluding hydrogens is 377 g/mol. The standard InChI is InChI=1S/C21H16FN3O4/c22-19-4-2-1-3-18(19)14-5-10-20(23-11-14)28-17-12-25(13-17)21(26)29-16-8-6-15(24-27)7-9-16/h1-11,17H,12-13H2. The monoisotopic (exact) mass is 393 g/mol. The summed E-state index contributed by atoms with van der Waals surface area (Å²) in [5.41, 5.74) is 1.39. The zero-order valence-electron chi connectivity index (χ0n) is 15.2. The lowest BCUT2D eigenvalue weighted by molar-refractivity contribution is 0.0259. The summed E-state index contributed by atoms with van der Waals surface area (Å²) in [6.45, 7) is 0.729. The van der Waals surface area contributed by atoms with E-state index in [2.05, 4.69) is 10.2 Å². The van der Waals surface area contributed by atoms with Gasteiger partial charge in [-0.1, -0.05) is 18.2 Å². The van der Waals surface area contributed by atoms with E-state index in [4.69, 9.17) is 9.47 Å². The second-order valence-electron chi connectivity index (χ2n) is 6.46. The quantitative estimate of drug-likeness (QED) is 0.594. The molecule has 1 saturated heterocycles. The molecule has 0 bridgehead atoms.